The normalized spacial score (nSPS) is 43.3. The smallest absolute Gasteiger partial charge is 0.190 e. The fraction of sp³-hybridized carbons (Fsp3) is 0.862. The molecule has 4 heteroatoms. The van der Waals surface area contributed by atoms with Gasteiger partial charge in [-0.2, -0.15) is 0 Å². The lowest BCUT2D eigenvalue weighted by Gasteiger charge is -2.61. The summed E-state index contributed by atoms with van der Waals surface area (Å²) in [6.07, 6.45) is 17.5. The van der Waals surface area contributed by atoms with Gasteiger partial charge in [-0.3, -0.25) is 0 Å². The molecule has 188 valence electrons. The van der Waals surface area contributed by atoms with E-state index in [1.54, 1.807) is 0 Å². The molecule has 0 unspecified atom stereocenters. The van der Waals surface area contributed by atoms with Crippen molar-refractivity contribution in [1.29, 1.82) is 0 Å². The summed E-state index contributed by atoms with van der Waals surface area (Å²) in [5.41, 5.74) is 0.931. The van der Waals surface area contributed by atoms with Gasteiger partial charge in [0.15, 0.2) is 16.6 Å². The molecular weight excluding hydrogens is 436 g/mol. The van der Waals surface area contributed by atoms with Crippen molar-refractivity contribution in [2.75, 3.05) is 0 Å². The van der Waals surface area contributed by atoms with Crippen molar-refractivity contribution in [3.05, 3.63) is 25.3 Å². The Morgan fingerprint density at radius 1 is 0.758 bits per heavy atom. The average molecular weight is 489 g/mol. The molecule has 4 aliphatic rings. The summed E-state index contributed by atoms with van der Waals surface area (Å²) in [5.74, 6) is 3.58. The molecule has 4 saturated carbocycles. The average Bonchev–Trinajstić information content (AvgIpc) is 3.03. The molecule has 0 spiro atoms. The van der Waals surface area contributed by atoms with Crippen LogP contribution in [-0.4, -0.2) is 28.8 Å². The molecule has 2 nitrogen and oxygen atoms in total. The topological polar surface area (TPSA) is 18.5 Å². The van der Waals surface area contributed by atoms with Crippen LogP contribution in [0.5, 0.6) is 0 Å². The molecule has 33 heavy (non-hydrogen) atoms. The third-order valence-electron chi connectivity index (χ3n) is 10.7. The molecular formula is C29H52O2Si2. The van der Waals surface area contributed by atoms with Gasteiger partial charge in [-0.15, -0.1) is 13.2 Å². The van der Waals surface area contributed by atoms with Crippen molar-refractivity contribution in [1.82, 2.24) is 0 Å². The van der Waals surface area contributed by atoms with E-state index in [4.69, 9.17) is 8.85 Å². The Morgan fingerprint density at radius 2 is 1.36 bits per heavy atom. The van der Waals surface area contributed by atoms with Crippen LogP contribution in [0.3, 0.4) is 0 Å². The van der Waals surface area contributed by atoms with Gasteiger partial charge in [0.2, 0.25) is 0 Å². The van der Waals surface area contributed by atoms with E-state index in [-0.39, 0.29) is 0 Å². The van der Waals surface area contributed by atoms with E-state index >= 15 is 0 Å². The molecule has 8 atom stereocenters. The summed E-state index contributed by atoms with van der Waals surface area (Å²) in [6.45, 7) is 22.8. The molecule has 0 aliphatic heterocycles. The highest BCUT2D eigenvalue weighted by atomic mass is 28.4. The lowest BCUT2D eigenvalue weighted by Crippen LogP contribution is -2.55. The Hall–Kier alpha value is -0.166. The molecule has 0 N–H and O–H groups in total. The van der Waals surface area contributed by atoms with Crippen LogP contribution in [0.25, 0.3) is 0 Å². The Bertz CT molecular complexity index is 733. The zero-order valence-electron chi connectivity index (χ0n) is 22.6. The van der Waals surface area contributed by atoms with Gasteiger partial charge in [0, 0.05) is 6.10 Å². The second-order valence-electron chi connectivity index (χ2n) is 13.9. The molecule has 0 saturated heterocycles. The van der Waals surface area contributed by atoms with E-state index in [1.165, 1.54) is 57.8 Å². The summed E-state index contributed by atoms with van der Waals surface area (Å²) in [4.78, 5) is 0. The Kier molecular flexibility index (Phi) is 7.36. The van der Waals surface area contributed by atoms with Crippen LogP contribution in [0.15, 0.2) is 25.3 Å². The van der Waals surface area contributed by atoms with Crippen LogP contribution in [0.2, 0.25) is 38.3 Å². The molecule has 0 amide bonds. The van der Waals surface area contributed by atoms with Crippen LogP contribution >= 0.6 is 0 Å². The SMILES string of the molecule is C=CC[Si](C)(C)O[C@@H]1CC[C@@]2(C)[C@@H](CC[C@@H]3[C@@H]2CC[C@]2(C)[C@@H](O[Si](C)(C)CC=C)CC[C@@H]32)C1. The summed E-state index contributed by atoms with van der Waals surface area (Å²) < 4.78 is 13.7. The molecule has 4 fully saturated rings. The Morgan fingerprint density at radius 3 is 2.03 bits per heavy atom. The third kappa shape index (κ3) is 4.93. The van der Waals surface area contributed by atoms with Gasteiger partial charge in [0.05, 0.1) is 6.10 Å². The molecule has 4 aliphatic carbocycles. The summed E-state index contributed by atoms with van der Waals surface area (Å²) >= 11 is 0. The Labute approximate surface area is 207 Å². The third-order valence-corrected chi connectivity index (χ3v) is 15.2. The second-order valence-corrected chi connectivity index (χ2v) is 22.2. The summed E-state index contributed by atoms with van der Waals surface area (Å²) in [7, 11) is -3.25. The largest absolute Gasteiger partial charge is 0.414 e. The molecule has 0 radical (unpaired) electrons. The highest BCUT2D eigenvalue weighted by Gasteiger charge is 2.61. The van der Waals surface area contributed by atoms with Gasteiger partial charge >= 0.3 is 0 Å². The molecule has 0 heterocycles. The van der Waals surface area contributed by atoms with E-state index < -0.39 is 16.6 Å². The highest BCUT2D eigenvalue weighted by molar-refractivity contribution is 6.72. The van der Waals surface area contributed by atoms with Crippen LogP contribution in [0.1, 0.15) is 71.6 Å². The number of hydrogen-bond donors (Lipinski definition) is 0. The number of hydrogen-bond acceptors (Lipinski definition) is 2. The van der Waals surface area contributed by atoms with Gasteiger partial charge in [-0.25, -0.2) is 0 Å². The van der Waals surface area contributed by atoms with E-state index in [1.807, 2.05) is 0 Å². The van der Waals surface area contributed by atoms with Gasteiger partial charge in [-0.05, 0) is 131 Å². The van der Waals surface area contributed by atoms with Gasteiger partial charge in [0.25, 0.3) is 0 Å². The number of rotatable bonds is 8. The molecule has 0 aromatic heterocycles. The predicted octanol–water partition coefficient (Wildman–Crippen LogP) is 8.58. The fourth-order valence-electron chi connectivity index (χ4n) is 9.10. The first kappa shape index (κ1) is 25.9. The predicted molar refractivity (Wildman–Crippen MR) is 146 cm³/mol. The highest BCUT2D eigenvalue weighted by Crippen LogP contribution is 2.67. The Balaban J connectivity index is 1.45. The van der Waals surface area contributed by atoms with Crippen molar-refractivity contribution in [3.8, 4) is 0 Å². The van der Waals surface area contributed by atoms with Crippen molar-refractivity contribution < 1.29 is 8.85 Å². The van der Waals surface area contributed by atoms with Gasteiger partial charge < -0.3 is 8.85 Å². The lowest BCUT2D eigenvalue weighted by molar-refractivity contribution is -0.130. The van der Waals surface area contributed by atoms with Crippen molar-refractivity contribution in [2.45, 2.75) is 122 Å². The zero-order valence-corrected chi connectivity index (χ0v) is 24.6. The van der Waals surface area contributed by atoms with E-state index in [9.17, 15) is 0 Å². The molecule has 0 aromatic rings. The van der Waals surface area contributed by atoms with E-state index in [2.05, 4.69) is 65.3 Å². The van der Waals surface area contributed by atoms with Crippen LogP contribution < -0.4 is 0 Å². The minimum absolute atomic E-state index is 0.399. The second kappa shape index (κ2) is 9.37. The zero-order chi connectivity index (χ0) is 24.1. The maximum absolute atomic E-state index is 6.95. The summed E-state index contributed by atoms with van der Waals surface area (Å²) in [5, 5.41) is 0. The maximum atomic E-state index is 6.95. The number of allylic oxidation sites excluding steroid dienone is 2. The summed E-state index contributed by atoms with van der Waals surface area (Å²) in [6, 6.07) is 2.15. The fourth-order valence-corrected chi connectivity index (χ4v) is 13.0. The molecule has 4 rings (SSSR count). The van der Waals surface area contributed by atoms with Crippen LogP contribution in [0.4, 0.5) is 0 Å². The minimum Gasteiger partial charge on any atom is -0.414 e. The molecule has 0 aromatic carbocycles. The monoisotopic (exact) mass is 488 g/mol. The standard InChI is InChI=1S/C29H52O2Si2/c1-9-19-32(5,6)30-23-15-17-28(3)22(21-23)11-12-24-25-13-14-27(31-33(7,8)20-10-2)29(25,4)18-16-26(24)28/h9-10,22-27H,1-2,11-21H2,3-8H3/t22-,23+,24-,25-,26-,27-,28-,29-/m0/s1. The maximum Gasteiger partial charge on any atom is 0.190 e. The van der Waals surface area contributed by atoms with Crippen molar-refractivity contribution in [2.24, 2.45) is 34.5 Å². The number of fused-ring (bicyclic) bond motifs is 5. The minimum atomic E-state index is -1.65. The molecule has 0 bridgehead atoms. The first-order valence-corrected chi connectivity index (χ1v) is 20.2. The quantitative estimate of drug-likeness (QED) is 0.251. The first-order chi connectivity index (χ1) is 15.4. The van der Waals surface area contributed by atoms with E-state index in [0.29, 0.717) is 23.0 Å². The van der Waals surface area contributed by atoms with Gasteiger partial charge in [0.1, 0.15) is 0 Å². The first-order valence-electron chi connectivity index (χ1n) is 14.0. The van der Waals surface area contributed by atoms with E-state index in [0.717, 1.165) is 35.8 Å². The van der Waals surface area contributed by atoms with Crippen molar-refractivity contribution >= 4 is 16.6 Å². The van der Waals surface area contributed by atoms with Crippen molar-refractivity contribution in [3.63, 3.8) is 0 Å². The van der Waals surface area contributed by atoms with Crippen LogP contribution in [0, 0.1) is 34.5 Å². The van der Waals surface area contributed by atoms with Gasteiger partial charge in [-0.1, -0.05) is 26.0 Å². The van der Waals surface area contributed by atoms with Crippen LogP contribution in [-0.2, 0) is 8.85 Å². The lowest BCUT2D eigenvalue weighted by atomic mass is 9.45.